The molecule has 0 saturated heterocycles. The molecule has 2 aliphatic rings. The van der Waals surface area contributed by atoms with Crippen molar-refractivity contribution < 1.29 is 16.5 Å². The van der Waals surface area contributed by atoms with E-state index >= 15 is 0 Å². The first-order chi connectivity index (χ1) is 27.2. The SMILES string of the molecule is BrC1=Cc2cc3c(-c4ccccc4)c(-c4ccccc4)c(c(-c4ccccc4)c4nc(c(Br)c5c(Br)c(Br)c(c(Br)c1n2)n5Br)C(Br)=C4Br)n3-c1ccccc1.[Ni]. The van der Waals surface area contributed by atoms with E-state index in [-0.39, 0.29) is 16.5 Å². The molecular formula is C44H22Br8N4Ni. The molecule has 13 heteroatoms. The van der Waals surface area contributed by atoms with Gasteiger partial charge in [-0.15, -0.1) is 0 Å². The second-order valence-corrected chi connectivity index (χ2v) is 19.1. The van der Waals surface area contributed by atoms with Gasteiger partial charge in [-0.05, 0) is 152 Å². The van der Waals surface area contributed by atoms with Crippen LogP contribution < -0.4 is 0 Å². The fraction of sp³-hybridized carbons (Fsp3) is 0. The zero-order valence-corrected chi connectivity index (χ0v) is 42.5. The first kappa shape index (κ1) is 41.5. The van der Waals surface area contributed by atoms with Crippen molar-refractivity contribution in [2.24, 2.45) is 0 Å². The number of hydrogen-bond acceptors (Lipinski definition) is 2. The fourth-order valence-electron chi connectivity index (χ4n) is 7.17. The molecule has 5 heterocycles. The van der Waals surface area contributed by atoms with Crippen molar-refractivity contribution in [1.29, 1.82) is 0 Å². The molecule has 0 N–H and O–H groups in total. The standard InChI is InChI=1S/C44H22Br8N4.Ni/c45-28-21-26-22-29-30(23-13-5-1-6-14-23)31(24-15-7-2-8-16-24)42(55(29)27-19-11-4-12-20-27)32(25-17-9-3-10-18-25)40-33(46)34(47)41(54-40)38(51)44-36(49)35(48)43(56(44)52)37(50)39(28)53-26;/h1-22H;. The summed E-state index contributed by atoms with van der Waals surface area (Å²) in [6.07, 6.45) is 2.07. The molecule has 0 saturated carbocycles. The Morgan fingerprint density at radius 1 is 0.439 bits per heavy atom. The average molecular weight is 1300 g/mol. The summed E-state index contributed by atoms with van der Waals surface area (Å²) >= 11 is 31.5. The number of benzene rings is 4. The maximum absolute atomic E-state index is 5.53. The van der Waals surface area contributed by atoms with Crippen molar-refractivity contribution in [2.75, 3.05) is 0 Å². The Bertz CT molecular complexity index is 2980. The van der Waals surface area contributed by atoms with E-state index in [1.54, 1.807) is 0 Å². The van der Waals surface area contributed by atoms with Crippen LogP contribution in [0.15, 0.2) is 145 Å². The van der Waals surface area contributed by atoms with Crippen LogP contribution in [-0.2, 0) is 16.5 Å². The van der Waals surface area contributed by atoms with E-state index in [1.807, 2.05) is 9.66 Å². The maximum Gasteiger partial charge on any atom is 0.0955 e. The van der Waals surface area contributed by atoms with Gasteiger partial charge in [-0.1, -0.05) is 109 Å². The smallest absolute Gasteiger partial charge is 0.0955 e. The Hall–Kier alpha value is -2.19. The third-order valence-corrected chi connectivity index (χ3v) is 16.5. The molecule has 0 radical (unpaired) electrons. The van der Waals surface area contributed by atoms with E-state index in [1.165, 1.54) is 0 Å². The number of rotatable bonds is 4. The zero-order valence-electron chi connectivity index (χ0n) is 28.8. The molecule has 0 atom stereocenters. The van der Waals surface area contributed by atoms with Crippen molar-refractivity contribution in [3.05, 3.63) is 168 Å². The number of fused-ring (bicyclic) bond motifs is 8. The summed E-state index contributed by atoms with van der Waals surface area (Å²) in [5, 5.41) is 0. The van der Waals surface area contributed by atoms with Gasteiger partial charge in [0.2, 0.25) is 0 Å². The molecule has 0 fully saturated rings. The number of aromatic nitrogens is 4. The van der Waals surface area contributed by atoms with Crippen LogP contribution in [0.25, 0.3) is 80.7 Å². The molecule has 8 bridgehead atoms. The quantitative estimate of drug-likeness (QED) is 0.165. The van der Waals surface area contributed by atoms with E-state index in [4.69, 9.17) is 9.97 Å². The Balaban J connectivity index is 0.00000455. The summed E-state index contributed by atoms with van der Waals surface area (Å²) in [4.78, 5) is 10.8. The van der Waals surface area contributed by atoms with Crippen molar-refractivity contribution >= 4 is 169 Å². The molecule has 0 aliphatic carbocycles. The van der Waals surface area contributed by atoms with E-state index in [2.05, 4.69) is 260 Å². The van der Waals surface area contributed by atoms with Gasteiger partial charge < -0.3 is 4.57 Å². The number of halogens is 8. The third-order valence-electron chi connectivity index (χ3n) is 9.57. The molecule has 0 spiro atoms. The molecule has 7 aromatic rings. The van der Waals surface area contributed by atoms with Crippen LogP contribution >= 0.6 is 128 Å². The van der Waals surface area contributed by atoms with Gasteiger partial charge in [0.25, 0.3) is 0 Å². The van der Waals surface area contributed by atoms with Gasteiger partial charge >= 0.3 is 0 Å². The minimum atomic E-state index is 0. The molecule has 3 aromatic heterocycles. The number of nitrogens with zero attached hydrogens (tertiary/aromatic N) is 4. The predicted molar refractivity (Wildman–Crippen MR) is 263 cm³/mol. The van der Waals surface area contributed by atoms with Gasteiger partial charge in [0.1, 0.15) is 0 Å². The zero-order chi connectivity index (χ0) is 38.8. The molecule has 4 nitrogen and oxygen atoms in total. The number of para-hydroxylation sites is 1. The van der Waals surface area contributed by atoms with Gasteiger partial charge in [-0.25, -0.2) is 9.97 Å². The molecular weight excluding hydrogens is 1280 g/mol. The fourth-order valence-corrected chi connectivity index (χ4v) is 13.8. The van der Waals surface area contributed by atoms with Gasteiger partial charge in [-0.2, -0.15) is 0 Å². The van der Waals surface area contributed by atoms with Crippen molar-refractivity contribution in [1.82, 2.24) is 18.1 Å². The van der Waals surface area contributed by atoms with Crippen molar-refractivity contribution in [2.45, 2.75) is 0 Å². The topological polar surface area (TPSA) is 35.6 Å². The molecule has 9 rings (SSSR count). The monoisotopic (exact) mass is 1300 g/mol. The molecule has 0 unspecified atom stereocenters. The summed E-state index contributed by atoms with van der Waals surface area (Å²) in [7, 11) is 0. The number of hydrogen-bond donors (Lipinski definition) is 0. The van der Waals surface area contributed by atoms with Crippen LogP contribution in [0.1, 0.15) is 22.8 Å². The Morgan fingerprint density at radius 3 is 1.44 bits per heavy atom. The first-order valence-electron chi connectivity index (χ1n) is 17.1. The maximum atomic E-state index is 5.53. The van der Waals surface area contributed by atoms with Gasteiger partial charge in [0.05, 0.1) is 87.8 Å². The van der Waals surface area contributed by atoms with Crippen molar-refractivity contribution in [3.63, 3.8) is 0 Å². The summed E-state index contributed by atoms with van der Waals surface area (Å²) in [5.74, 6) is 0. The molecule has 284 valence electrons. The van der Waals surface area contributed by atoms with Crippen LogP contribution in [0.4, 0.5) is 0 Å². The molecule has 2 aliphatic heterocycles. The van der Waals surface area contributed by atoms with Crippen molar-refractivity contribution in [3.8, 4) is 39.1 Å². The van der Waals surface area contributed by atoms with E-state index < -0.39 is 0 Å². The van der Waals surface area contributed by atoms with Crippen LogP contribution in [0.2, 0.25) is 0 Å². The summed E-state index contributed by atoms with van der Waals surface area (Å²) in [6.45, 7) is 0. The Morgan fingerprint density at radius 2 is 0.895 bits per heavy atom. The van der Waals surface area contributed by atoms with E-state index in [0.29, 0.717) is 5.69 Å². The summed E-state index contributed by atoms with van der Waals surface area (Å²) in [5.41, 5.74) is 13.8. The largest absolute Gasteiger partial charge is 0.308 e. The third kappa shape index (κ3) is 7.18. The van der Waals surface area contributed by atoms with Crippen LogP contribution in [0, 0.1) is 0 Å². The van der Waals surface area contributed by atoms with Crippen LogP contribution in [0.3, 0.4) is 0 Å². The molecule has 0 amide bonds. The predicted octanol–water partition coefficient (Wildman–Crippen LogP) is 17.0. The van der Waals surface area contributed by atoms with Gasteiger partial charge in [0, 0.05) is 43.4 Å². The summed E-state index contributed by atoms with van der Waals surface area (Å²) < 4.78 is 9.96. The Labute approximate surface area is 406 Å². The molecule has 57 heavy (non-hydrogen) atoms. The van der Waals surface area contributed by atoms with E-state index in [0.717, 1.165) is 110 Å². The van der Waals surface area contributed by atoms with Crippen LogP contribution in [0.5, 0.6) is 0 Å². The van der Waals surface area contributed by atoms with E-state index in [9.17, 15) is 0 Å². The minimum Gasteiger partial charge on any atom is -0.308 e. The second kappa shape index (κ2) is 17.1. The molecule has 4 aromatic carbocycles. The van der Waals surface area contributed by atoms with Crippen LogP contribution in [-0.4, -0.2) is 18.1 Å². The second-order valence-electron chi connectivity index (χ2n) is 12.8. The summed E-state index contributed by atoms with van der Waals surface area (Å²) in [6, 6.07) is 44.5. The normalized spacial score (nSPS) is 12.5. The Kier molecular flexibility index (Phi) is 12.4. The van der Waals surface area contributed by atoms with Gasteiger partial charge in [-0.3, -0.25) is 3.59 Å². The first-order valence-corrected chi connectivity index (χ1v) is 23.3. The minimum absolute atomic E-state index is 0. The average Bonchev–Trinajstić information content (AvgIpc) is 3.91. The van der Waals surface area contributed by atoms with Gasteiger partial charge in [0.15, 0.2) is 0 Å².